The van der Waals surface area contributed by atoms with Crippen molar-refractivity contribution in [3.63, 3.8) is 0 Å². The van der Waals surface area contributed by atoms with E-state index in [1.165, 1.54) is 11.1 Å². The Bertz CT molecular complexity index is 424. The molecule has 0 heterocycles. The van der Waals surface area contributed by atoms with Gasteiger partial charge < -0.3 is 10.6 Å². The van der Waals surface area contributed by atoms with Crippen LogP contribution in [-0.4, -0.2) is 29.9 Å². The summed E-state index contributed by atoms with van der Waals surface area (Å²) in [5, 5.41) is 0. The van der Waals surface area contributed by atoms with Gasteiger partial charge in [0.1, 0.15) is 0 Å². The third-order valence-corrected chi connectivity index (χ3v) is 3.38. The maximum atomic E-state index is 11.9. The zero-order valence-corrected chi connectivity index (χ0v) is 10.6. The number of likely N-dealkylation sites (N-methyl/N-ethyl adjacent to an activating group) is 1. The second-order valence-electron chi connectivity index (χ2n) is 5.12. The molecule has 2 rings (SSSR count). The number of hydrogen-bond donors (Lipinski definition) is 1. The minimum absolute atomic E-state index is 0.0881. The molecule has 1 fully saturated rings. The van der Waals surface area contributed by atoms with E-state index in [-0.39, 0.29) is 5.91 Å². The maximum absolute atomic E-state index is 11.9. The van der Waals surface area contributed by atoms with Crippen molar-refractivity contribution in [1.29, 1.82) is 0 Å². The Morgan fingerprint density at radius 3 is 2.76 bits per heavy atom. The number of aryl methyl sites for hydroxylation is 1. The smallest absolute Gasteiger partial charge is 0.242 e. The van der Waals surface area contributed by atoms with E-state index in [2.05, 4.69) is 31.2 Å². The van der Waals surface area contributed by atoms with Gasteiger partial charge in [0.05, 0.1) is 5.54 Å². The van der Waals surface area contributed by atoms with Crippen LogP contribution in [0.1, 0.15) is 24.0 Å². The Hall–Kier alpha value is -1.35. The second-order valence-corrected chi connectivity index (χ2v) is 5.12. The first-order valence-electron chi connectivity index (χ1n) is 6.11. The largest absolute Gasteiger partial charge is 0.344 e. The van der Waals surface area contributed by atoms with Crippen LogP contribution in [0.15, 0.2) is 24.3 Å². The Labute approximate surface area is 103 Å². The van der Waals surface area contributed by atoms with Crippen molar-refractivity contribution in [2.75, 3.05) is 13.6 Å². The molecule has 92 valence electrons. The summed E-state index contributed by atoms with van der Waals surface area (Å²) in [6.45, 7) is 2.82. The van der Waals surface area contributed by atoms with E-state index in [0.29, 0.717) is 0 Å². The van der Waals surface area contributed by atoms with Crippen LogP contribution in [0, 0.1) is 6.92 Å². The number of amides is 1. The standard InChI is InChI=1S/C14H20N2O/c1-11-4-3-5-12(10-11)6-9-16(2)13(17)14(15)7-8-14/h3-5,10H,6-9,15H2,1-2H3. The molecule has 1 aromatic carbocycles. The maximum Gasteiger partial charge on any atom is 0.242 e. The Kier molecular flexibility index (Phi) is 3.20. The lowest BCUT2D eigenvalue weighted by Crippen LogP contribution is -2.44. The van der Waals surface area contributed by atoms with Gasteiger partial charge in [0.15, 0.2) is 0 Å². The normalized spacial score (nSPS) is 16.6. The molecule has 0 aliphatic heterocycles. The van der Waals surface area contributed by atoms with E-state index in [1.54, 1.807) is 4.90 Å². The van der Waals surface area contributed by atoms with Crippen LogP contribution in [0.3, 0.4) is 0 Å². The van der Waals surface area contributed by atoms with Crippen LogP contribution in [-0.2, 0) is 11.2 Å². The van der Waals surface area contributed by atoms with Crippen LogP contribution in [0.5, 0.6) is 0 Å². The van der Waals surface area contributed by atoms with Gasteiger partial charge in [-0.05, 0) is 31.7 Å². The number of nitrogens with zero attached hydrogens (tertiary/aromatic N) is 1. The number of rotatable bonds is 4. The molecule has 0 aromatic heterocycles. The van der Waals surface area contributed by atoms with E-state index in [0.717, 1.165) is 25.8 Å². The lowest BCUT2D eigenvalue weighted by molar-refractivity contribution is -0.132. The van der Waals surface area contributed by atoms with E-state index >= 15 is 0 Å². The lowest BCUT2D eigenvalue weighted by atomic mass is 10.1. The summed E-state index contributed by atoms with van der Waals surface area (Å²) in [5.41, 5.74) is 7.88. The van der Waals surface area contributed by atoms with Crippen LogP contribution in [0.25, 0.3) is 0 Å². The molecule has 0 bridgehead atoms. The van der Waals surface area contributed by atoms with E-state index in [1.807, 2.05) is 7.05 Å². The highest BCUT2D eigenvalue weighted by Crippen LogP contribution is 2.33. The molecule has 0 saturated heterocycles. The summed E-state index contributed by atoms with van der Waals surface area (Å²) in [5.74, 6) is 0.0881. The number of carbonyl (C=O) groups excluding carboxylic acids is 1. The number of nitrogens with two attached hydrogens (primary N) is 1. The molecule has 2 N–H and O–H groups in total. The third kappa shape index (κ3) is 2.86. The first-order chi connectivity index (χ1) is 8.01. The Morgan fingerprint density at radius 1 is 1.47 bits per heavy atom. The number of carbonyl (C=O) groups is 1. The highest BCUT2D eigenvalue weighted by molar-refractivity contribution is 5.88. The van der Waals surface area contributed by atoms with Gasteiger partial charge in [-0.1, -0.05) is 29.8 Å². The summed E-state index contributed by atoms with van der Waals surface area (Å²) in [7, 11) is 1.84. The fourth-order valence-corrected chi connectivity index (χ4v) is 1.99. The van der Waals surface area contributed by atoms with Gasteiger partial charge in [0.25, 0.3) is 0 Å². The van der Waals surface area contributed by atoms with E-state index in [9.17, 15) is 4.79 Å². The molecular formula is C14H20N2O. The number of hydrogen-bond acceptors (Lipinski definition) is 2. The SMILES string of the molecule is Cc1cccc(CCN(C)C(=O)C2(N)CC2)c1. The first-order valence-corrected chi connectivity index (χ1v) is 6.11. The molecule has 0 atom stereocenters. The molecule has 0 unspecified atom stereocenters. The Morgan fingerprint density at radius 2 is 2.18 bits per heavy atom. The van der Waals surface area contributed by atoms with Gasteiger partial charge in [-0.2, -0.15) is 0 Å². The summed E-state index contributed by atoms with van der Waals surface area (Å²) >= 11 is 0. The average Bonchev–Trinajstić information content (AvgIpc) is 3.05. The fraction of sp³-hybridized carbons (Fsp3) is 0.500. The van der Waals surface area contributed by atoms with Gasteiger partial charge in [-0.15, -0.1) is 0 Å². The van der Waals surface area contributed by atoms with Gasteiger partial charge >= 0.3 is 0 Å². The summed E-state index contributed by atoms with van der Waals surface area (Å²) in [6.07, 6.45) is 2.56. The molecule has 1 aliphatic carbocycles. The van der Waals surface area contributed by atoms with Gasteiger partial charge in [-0.3, -0.25) is 4.79 Å². The minimum atomic E-state index is -0.540. The zero-order chi connectivity index (χ0) is 12.5. The molecule has 17 heavy (non-hydrogen) atoms. The molecular weight excluding hydrogens is 212 g/mol. The minimum Gasteiger partial charge on any atom is -0.344 e. The fourth-order valence-electron chi connectivity index (χ4n) is 1.99. The predicted octanol–water partition coefficient (Wildman–Crippen LogP) is 1.49. The van der Waals surface area contributed by atoms with Gasteiger partial charge in [0.2, 0.25) is 5.91 Å². The quantitative estimate of drug-likeness (QED) is 0.855. The molecule has 1 aromatic rings. The Balaban J connectivity index is 1.88. The molecule has 1 amide bonds. The second kappa shape index (κ2) is 4.49. The van der Waals surface area contributed by atoms with Crippen molar-refractivity contribution in [2.24, 2.45) is 5.73 Å². The van der Waals surface area contributed by atoms with Crippen LogP contribution < -0.4 is 5.73 Å². The molecule has 3 nitrogen and oxygen atoms in total. The molecule has 0 radical (unpaired) electrons. The molecule has 1 aliphatic rings. The van der Waals surface area contributed by atoms with Crippen molar-refractivity contribution in [2.45, 2.75) is 31.7 Å². The van der Waals surface area contributed by atoms with Gasteiger partial charge in [-0.25, -0.2) is 0 Å². The van der Waals surface area contributed by atoms with Crippen molar-refractivity contribution >= 4 is 5.91 Å². The number of benzene rings is 1. The molecule has 0 spiro atoms. The van der Waals surface area contributed by atoms with E-state index in [4.69, 9.17) is 5.73 Å². The summed E-state index contributed by atoms with van der Waals surface area (Å²) in [4.78, 5) is 13.7. The van der Waals surface area contributed by atoms with Gasteiger partial charge in [0, 0.05) is 13.6 Å². The lowest BCUT2D eigenvalue weighted by Gasteiger charge is -2.20. The average molecular weight is 232 g/mol. The zero-order valence-electron chi connectivity index (χ0n) is 10.6. The first kappa shape index (κ1) is 12.1. The van der Waals surface area contributed by atoms with Crippen molar-refractivity contribution in [3.05, 3.63) is 35.4 Å². The van der Waals surface area contributed by atoms with Crippen LogP contribution in [0.2, 0.25) is 0 Å². The molecule has 1 saturated carbocycles. The van der Waals surface area contributed by atoms with Crippen molar-refractivity contribution in [1.82, 2.24) is 4.90 Å². The highest BCUT2D eigenvalue weighted by Gasteiger charge is 2.47. The van der Waals surface area contributed by atoms with Crippen molar-refractivity contribution in [3.8, 4) is 0 Å². The monoisotopic (exact) mass is 232 g/mol. The predicted molar refractivity (Wildman–Crippen MR) is 68.7 cm³/mol. The topological polar surface area (TPSA) is 46.3 Å². The van der Waals surface area contributed by atoms with E-state index < -0.39 is 5.54 Å². The molecule has 3 heteroatoms. The van der Waals surface area contributed by atoms with Crippen LogP contribution in [0.4, 0.5) is 0 Å². The summed E-state index contributed by atoms with van der Waals surface area (Å²) < 4.78 is 0. The highest BCUT2D eigenvalue weighted by atomic mass is 16.2. The third-order valence-electron chi connectivity index (χ3n) is 3.38. The summed E-state index contributed by atoms with van der Waals surface area (Å²) in [6, 6.07) is 8.39. The van der Waals surface area contributed by atoms with Crippen molar-refractivity contribution < 1.29 is 4.79 Å². The van der Waals surface area contributed by atoms with Crippen LogP contribution >= 0.6 is 0 Å².